The lowest BCUT2D eigenvalue weighted by atomic mass is 10.3. The predicted molar refractivity (Wildman–Crippen MR) is 62.1 cm³/mol. The molecule has 7 heteroatoms. The lowest BCUT2D eigenvalue weighted by Gasteiger charge is -2.05. The number of H-pyrrole nitrogens is 1. The van der Waals surface area contributed by atoms with Gasteiger partial charge in [0.05, 0.1) is 12.2 Å². The fourth-order valence-electron chi connectivity index (χ4n) is 1.40. The molecular formula is C9H8Cl2N4O. The Morgan fingerprint density at radius 1 is 1.31 bits per heavy atom. The van der Waals surface area contributed by atoms with Gasteiger partial charge in [-0.15, -0.1) is 0 Å². The monoisotopic (exact) mass is 258 g/mol. The lowest BCUT2D eigenvalue weighted by molar-refractivity contribution is 0.851. The zero-order valence-corrected chi connectivity index (χ0v) is 9.59. The maximum Gasteiger partial charge on any atom is 0.347 e. The maximum atomic E-state index is 11.5. The van der Waals surface area contributed by atoms with Crippen LogP contribution in [-0.4, -0.2) is 14.8 Å². The third kappa shape index (κ3) is 1.97. The van der Waals surface area contributed by atoms with Gasteiger partial charge in [-0.05, 0) is 18.2 Å². The van der Waals surface area contributed by atoms with Gasteiger partial charge in [-0.3, -0.25) is 0 Å². The summed E-state index contributed by atoms with van der Waals surface area (Å²) in [7, 11) is 0. The van der Waals surface area contributed by atoms with Crippen LogP contribution in [0, 0.1) is 0 Å². The number of aromatic amines is 1. The van der Waals surface area contributed by atoms with Gasteiger partial charge in [-0.1, -0.05) is 23.2 Å². The molecule has 0 aliphatic carbocycles. The maximum absolute atomic E-state index is 11.5. The first-order valence-electron chi connectivity index (χ1n) is 4.44. The molecule has 0 amide bonds. The molecule has 2 rings (SSSR count). The molecule has 0 unspecified atom stereocenters. The van der Waals surface area contributed by atoms with Gasteiger partial charge in [0.1, 0.15) is 0 Å². The number of aromatic nitrogens is 3. The van der Waals surface area contributed by atoms with Gasteiger partial charge < -0.3 is 5.73 Å². The fraction of sp³-hybridized carbons (Fsp3) is 0.111. The van der Waals surface area contributed by atoms with Crippen molar-refractivity contribution in [3.8, 4) is 5.69 Å². The topological polar surface area (TPSA) is 76.7 Å². The van der Waals surface area contributed by atoms with Crippen LogP contribution in [0.15, 0.2) is 23.0 Å². The molecule has 0 saturated heterocycles. The molecule has 84 valence electrons. The number of nitrogens with zero attached hydrogens (tertiary/aromatic N) is 2. The van der Waals surface area contributed by atoms with Crippen LogP contribution >= 0.6 is 23.2 Å². The van der Waals surface area contributed by atoms with E-state index in [2.05, 4.69) is 10.2 Å². The van der Waals surface area contributed by atoms with E-state index in [1.165, 1.54) is 4.57 Å². The van der Waals surface area contributed by atoms with Crippen molar-refractivity contribution in [3.63, 3.8) is 0 Å². The van der Waals surface area contributed by atoms with Crippen molar-refractivity contribution in [3.05, 3.63) is 44.6 Å². The molecule has 3 N–H and O–H groups in total. The van der Waals surface area contributed by atoms with Gasteiger partial charge in [0, 0.05) is 10.0 Å². The molecule has 0 spiro atoms. The molecule has 0 aliphatic heterocycles. The summed E-state index contributed by atoms with van der Waals surface area (Å²) in [6.45, 7) is 0.142. The molecule has 2 aromatic rings. The molecule has 1 heterocycles. The zero-order chi connectivity index (χ0) is 11.7. The van der Waals surface area contributed by atoms with Gasteiger partial charge in [0.15, 0.2) is 5.82 Å². The van der Waals surface area contributed by atoms with Crippen LogP contribution in [-0.2, 0) is 6.54 Å². The Bertz CT molecular complexity index is 555. The van der Waals surface area contributed by atoms with Crippen molar-refractivity contribution in [1.29, 1.82) is 0 Å². The molecule has 0 fully saturated rings. The highest BCUT2D eigenvalue weighted by atomic mass is 35.5. The SMILES string of the molecule is NCc1n[nH]c(=O)n1-c1cc(Cl)cc(Cl)c1. The average molecular weight is 259 g/mol. The van der Waals surface area contributed by atoms with Crippen LogP contribution in [0.25, 0.3) is 5.69 Å². The zero-order valence-electron chi connectivity index (χ0n) is 8.08. The second-order valence-electron chi connectivity index (χ2n) is 3.11. The van der Waals surface area contributed by atoms with Crippen LogP contribution in [0.4, 0.5) is 0 Å². The van der Waals surface area contributed by atoms with Crippen molar-refractivity contribution in [2.24, 2.45) is 5.73 Å². The minimum absolute atomic E-state index is 0.142. The highest BCUT2D eigenvalue weighted by Gasteiger charge is 2.09. The van der Waals surface area contributed by atoms with Crippen molar-refractivity contribution in [2.75, 3.05) is 0 Å². The first kappa shape index (κ1) is 11.2. The van der Waals surface area contributed by atoms with Crippen LogP contribution in [0.2, 0.25) is 10.0 Å². The van der Waals surface area contributed by atoms with Crippen molar-refractivity contribution < 1.29 is 0 Å². The predicted octanol–water partition coefficient (Wildman–Crippen LogP) is 1.33. The van der Waals surface area contributed by atoms with E-state index in [1.54, 1.807) is 18.2 Å². The Balaban J connectivity index is 2.66. The molecule has 1 aromatic carbocycles. The van der Waals surface area contributed by atoms with Crippen LogP contribution in [0.3, 0.4) is 0 Å². The van der Waals surface area contributed by atoms with Crippen molar-refractivity contribution >= 4 is 23.2 Å². The molecule has 0 aliphatic rings. The van der Waals surface area contributed by atoms with E-state index in [9.17, 15) is 4.79 Å². The Kier molecular flexibility index (Phi) is 3.00. The van der Waals surface area contributed by atoms with E-state index >= 15 is 0 Å². The van der Waals surface area contributed by atoms with E-state index in [0.29, 0.717) is 21.6 Å². The highest BCUT2D eigenvalue weighted by Crippen LogP contribution is 2.21. The molecule has 16 heavy (non-hydrogen) atoms. The van der Waals surface area contributed by atoms with Crippen molar-refractivity contribution in [2.45, 2.75) is 6.54 Å². The normalized spacial score (nSPS) is 10.7. The van der Waals surface area contributed by atoms with E-state index < -0.39 is 0 Å². The Labute approximate surface area is 101 Å². The molecular weight excluding hydrogens is 251 g/mol. The number of hydrogen-bond donors (Lipinski definition) is 2. The number of nitrogens with two attached hydrogens (primary N) is 1. The lowest BCUT2D eigenvalue weighted by Crippen LogP contribution is -2.18. The highest BCUT2D eigenvalue weighted by molar-refractivity contribution is 6.34. The van der Waals surface area contributed by atoms with E-state index in [-0.39, 0.29) is 12.2 Å². The van der Waals surface area contributed by atoms with E-state index in [1.807, 2.05) is 0 Å². The van der Waals surface area contributed by atoms with Crippen LogP contribution < -0.4 is 11.4 Å². The number of halogens is 2. The van der Waals surface area contributed by atoms with Crippen LogP contribution in [0.5, 0.6) is 0 Å². The molecule has 0 radical (unpaired) electrons. The second kappa shape index (κ2) is 4.29. The van der Waals surface area contributed by atoms with Gasteiger partial charge in [-0.2, -0.15) is 5.10 Å². The standard InChI is InChI=1S/C9H8Cl2N4O/c10-5-1-6(11)3-7(2-5)15-8(4-12)13-14-9(15)16/h1-3H,4,12H2,(H,14,16). The number of nitrogens with one attached hydrogen (secondary N) is 1. The number of benzene rings is 1. The summed E-state index contributed by atoms with van der Waals surface area (Å²) in [4.78, 5) is 11.5. The molecule has 5 nitrogen and oxygen atoms in total. The van der Waals surface area contributed by atoms with Gasteiger partial charge in [-0.25, -0.2) is 14.5 Å². The number of hydrogen-bond acceptors (Lipinski definition) is 3. The fourth-order valence-corrected chi connectivity index (χ4v) is 1.92. The summed E-state index contributed by atoms with van der Waals surface area (Å²) in [5.41, 5.74) is 5.63. The molecule has 0 saturated carbocycles. The molecule has 0 bridgehead atoms. The average Bonchev–Trinajstić information content (AvgIpc) is 2.58. The van der Waals surface area contributed by atoms with Gasteiger partial charge in [0.25, 0.3) is 0 Å². The smallest absolute Gasteiger partial charge is 0.324 e. The number of rotatable bonds is 2. The third-order valence-corrected chi connectivity index (χ3v) is 2.47. The summed E-state index contributed by atoms with van der Waals surface area (Å²) >= 11 is 11.7. The second-order valence-corrected chi connectivity index (χ2v) is 3.99. The van der Waals surface area contributed by atoms with E-state index in [4.69, 9.17) is 28.9 Å². The van der Waals surface area contributed by atoms with Crippen molar-refractivity contribution in [1.82, 2.24) is 14.8 Å². The first-order valence-corrected chi connectivity index (χ1v) is 5.20. The minimum Gasteiger partial charge on any atom is -0.324 e. The van der Waals surface area contributed by atoms with Crippen LogP contribution in [0.1, 0.15) is 5.82 Å². The summed E-state index contributed by atoms with van der Waals surface area (Å²) in [5, 5.41) is 6.99. The van der Waals surface area contributed by atoms with Gasteiger partial charge in [0.2, 0.25) is 0 Å². The van der Waals surface area contributed by atoms with E-state index in [0.717, 1.165) is 0 Å². The Hall–Kier alpha value is -1.30. The summed E-state index contributed by atoms with van der Waals surface area (Å²) < 4.78 is 1.33. The quantitative estimate of drug-likeness (QED) is 0.854. The minimum atomic E-state index is -0.376. The Morgan fingerprint density at radius 2 is 1.94 bits per heavy atom. The van der Waals surface area contributed by atoms with Gasteiger partial charge >= 0.3 is 5.69 Å². The molecule has 0 atom stereocenters. The summed E-state index contributed by atoms with van der Waals surface area (Å²) in [6.07, 6.45) is 0. The third-order valence-electron chi connectivity index (χ3n) is 2.03. The summed E-state index contributed by atoms with van der Waals surface area (Å²) in [5.74, 6) is 0.420. The first-order chi connectivity index (χ1) is 7.61. The largest absolute Gasteiger partial charge is 0.347 e. The Morgan fingerprint density at radius 3 is 2.50 bits per heavy atom. The molecule has 1 aromatic heterocycles. The summed E-state index contributed by atoms with van der Waals surface area (Å²) in [6, 6.07) is 4.81.